The standard InChI is InChI=1S/C11H22N2/c1-5-6-8-13(4)9-7-11(2,3)10-12/h5-9H2,1-4H3. The van der Waals surface area contributed by atoms with E-state index >= 15 is 0 Å². The quantitative estimate of drug-likeness (QED) is 0.631. The highest BCUT2D eigenvalue weighted by Gasteiger charge is 2.16. The summed E-state index contributed by atoms with van der Waals surface area (Å²) < 4.78 is 0. The zero-order valence-electron chi connectivity index (χ0n) is 9.43. The summed E-state index contributed by atoms with van der Waals surface area (Å²) in [7, 11) is 2.13. The van der Waals surface area contributed by atoms with Crippen LogP contribution in [0.5, 0.6) is 0 Å². The Bertz CT molecular complexity index is 167. The van der Waals surface area contributed by atoms with Crippen molar-refractivity contribution in [3.63, 3.8) is 0 Å². The van der Waals surface area contributed by atoms with Gasteiger partial charge < -0.3 is 4.90 Å². The summed E-state index contributed by atoms with van der Waals surface area (Å²) in [4.78, 5) is 2.31. The third-order valence-corrected chi connectivity index (χ3v) is 2.31. The zero-order chi connectivity index (χ0) is 10.3. The van der Waals surface area contributed by atoms with Crippen LogP contribution in [0.4, 0.5) is 0 Å². The van der Waals surface area contributed by atoms with E-state index in [2.05, 4.69) is 24.9 Å². The lowest BCUT2D eigenvalue weighted by atomic mass is 9.91. The molecule has 0 aliphatic heterocycles. The van der Waals surface area contributed by atoms with Crippen LogP contribution in [0.2, 0.25) is 0 Å². The predicted octanol–water partition coefficient (Wildman–Crippen LogP) is 2.66. The van der Waals surface area contributed by atoms with Crippen molar-refractivity contribution in [2.45, 2.75) is 40.0 Å². The van der Waals surface area contributed by atoms with Crippen LogP contribution in [0.3, 0.4) is 0 Å². The topological polar surface area (TPSA) is 27.0 Å². The lowest BCUT2D eigenvalue weighted by Crippen LogP contribution is -2.25. The van der Waals surface area contributed by atoms with E-state index in [1.54, 1.807) is 0 Å². The third-order valence-electron chi connectivity index (χ3n) is 2.31. The van der Waals surface area contributed by atoms with Crippen LogP contribution < -0.4 is 0 Å². The fourth-order valence-electron chi connectivity index (χ4n) is 1.07. The molecule has 0 heterocycles. The summed E-state index contributed by atoms with van der Waals surface area (Å²) in [6, 6.07) is 2.33. The fourth-order valence-corrected chi connectivity index (χ4v) is 1.07. The van der Waals surface area contributed by atoms with Crippen LogP contribution in [-0.4, -0.2) is 25.0 Å². The SMILES string of the molecule is CCCCN(C)CCC(C)(C)C#N. The number of nitriles is 1. The molecule has 0 spiro atoms. The summed E-state index contributed by atoms with van der Waals surface area (Å²) in [5.74, 6) is 0. The summed E-state index contributed by atoms with van der Waals surface area (Å²) in [6.45, 7) is 8.38. The van der Waals surface area contributed by atoms with Crippen molar-refractivity contribution in [3.05, 3.63) is 0 Å². The molecule has 0 aliphatic carbocycles. The van der Waals surface area contributed by atoms with Gasteiger partial charge in [0.1, 0.15) is 0 Å². The molecule has 0 saturated carbocycles. The summed E-state index contributed by atoms with van der Waals surface area (Å²) in [6.07, 6.45) is 3.46. The molecule has 0 rings (SSSR count). The monoisotopic (exact) mass is 182 g/mol. The Morgan fingerprint density at radius 2 is 1.92 bits per heavy atom. The van der Waals surface area contributed by atoms with Crippen molar-refractivity contribution in [1.82, 2.24) is 4.90 Å². The summed E-state index contributed by atoms with van der Waals surface area (Å²) >= 11 is 0. The second kappa shape index (κ2) is 5.99. The molecule has 0 saturated heterocycles. The number of hydrogen-bond donors (Lipinski definition) is 0. The van der Waals surface area contributed by atoms with E-state index in [0.29, 0.717) is 0 Å². The highest BCUT2D eigenvalue weighted by Crippen LogP contribution is 2.18. The first-order valence-corrected chi connectivity index (χ1v) is 5.11. The predicted molar refractivity (Wildman–Crippen MR) is 56.4 cm³/mol. The molecule has 0 amide bonds. The molecule has 0 aromatic heterocycles. The van der Waals surface area contributed by atoms with Gasteiger partial charge in [0.15, 0.2) is 0 Å². The maximum absolute atomic E-state index is 8.81. The minimum absolute atomic E-state index is 0.166. The van der Waals surface area contributed by atoms with Crippen LogP contribution >= 0.6 is 0 Å². The van der Waals surface area contributed by atoms with Gasteiger partial charge in [0.25, 0.3) is 0 Å². The minimum Gasteiger partial charge on any atom is -0.306 e. The second-order valence-electron chi connectivity index (χ2n) is 4.40. The molecule has 13 heavy (non-hydrogen) atoms. The van der Waals surface area contributed by atoms with E-state index in [4.69, 9.17) is 5.26 Å². The van der Waals surface area contributed by atoms with E-state index in [1.807, 2.05) is 13.8 Å². The van der Waals surface area contributed by atoms with E-state index < -0.39 is 0 Å². The molecule has 76 valence electrons. The van der Waals surface area contributed by atoms with Gasteiger partial charge in [-0.2, -0.15) is 5.26 Å². The van der Waals surface area contributed by atoms with Gasteiger partial charge in [-0.05, 0) is 46.8 Å². The molecule has 0 aromatic carbocycles. The second-order valence-corrected chi connectivity index (χ2v) is 4.40. The van der Waals surface area contributed by atoms with Crippen LogP contribution in [0.1, 0.15) is 40.0 Å². The van der Waals surface area contributed by atoms with Crippen molar-refractivity contribution in [1.29, 1.82) is 5.26 Å². The smallest absolute Gasteiger partial charge is 0.0684 e. The maximum atomic E-state index is 8.81. The van der Waals surface area contributed by atoms with Crippen molar-refractivity contribution in [2.24, 2.45) is 5.41 Å². The number of hydrogen-bond acceptors (Lipinski definition) is 2. The Morgan fingerprint density at radius 3 is 2.38 bits per heavy atom. The van der Waals surface area contributed by atoms with Gasteiger partial charge >= 0.3 is 0 Å². The average molecular weight is 182 g/mol. The third kappa shape index (κ3) is 6.60. The van der Waals surface area contributed by atoms with Gasteiger partial charge in [-0.25, -0.2) is 0 Å². The summed E-state index contributed by atoms with van der Waals surface area (Å²) in [5.41, 5.74) is -0.166. The van der Waals surface area contributed by atoms with Crippen molar-refractivity contribution < 1.29 is 0 Å². The van der Waals surface area contributed by atoms with Gasteiger partial charge in [-0.1, -0.05) is 13.3 Å². The maximum Gasteiger partial charge on any atom is 0.0684 e. The first kappa shape index (κ1) is 12.4. The minimum atomic E-state index is -0.166. The van der Waals surface area contributed by atoms with Gasteiger partial charge in [0.2, 0.25) is 0 Å². The fraction of sp³-hybridized carbons (Fsp3) is 0.909. The average Bonchev–Trinajstić information content (AvgIpc) is 2.11. The first-order valence-electron chi connectivity index (χ1n) is 5.11. The summed E-state index contributed by atoms with van der Waals surface area (Å²) in [5, 5.41) is 8.81. The van der Waals surface area contributed by atoms with E-state index in [9.17, 15) is 0 Å². The molecule has 0 atom stereocenters. The molecule has 0 fully saturated rings. The number of rotatable bonds is 6. The molecular formula is C11H22N2. The molecule has 0 radical (unpaired) electrons. The first-order chi connectivity index (χ1) is 6.02. The lowest BCUT2D eigenvalue weighted by molar-refractivity contribution is 0.283. The Balaban J connectivity index is 3.58. The Labute approximate surface area is 82.5 Å². The van der Waals surface area contributed by atoms with E-state index in [-0.39, 0.29) is 5.41 Å². The van der Waals surface area contributed by atoms with Crippen LogP contribution in [0.15, 0.2) is 0 Å². The van der Waals surface area contributed by atoms with Gasteiger partial charge in [0, 0.05) is 0 Å². The Morgan fingerprint density at radius 1 is 1.31 bits per heavy atom. The van der Waals surface area contributed by atoms with Crippen LogP contribution in [0.25, 0.3) is 0 Å². The molecular weight excluding hydrogens is 160 g/mol. The van der Waals surface area contributed by atoms with Crippen LogP contribution in [-0.2, 0) is 0 Å². The van der Waals surface area contributed by atoms with E-state index in [0.717, 1.165) is 19.5 Å². The number of nitrogens with zero attached hydrogens (tertiary/aromatic N) is 2. The van der Waals surface area contributed by atoms with Crippen molar-refractivity contribution in [2.75, 3.05) is 20.1 Å². The van der Waals surface area contributed by atoms with Crippen LogP contribution in [0, 0.1) is 16.7 Å². The van der Waals surface area contributed by atoms with E-state index in [1.165, 1.54) is 12.8 Å². The zero-order valence-corrected chi connectivity index (χ0v) is 9.43. The highest BCUT2D eigenvalue weighted by atomic mass is 15.1. The molecule has 0 N–H and O–H groups in total. The van der Waals surface area contributed by atoms with Gasteiger partial charge in [-0.3, -0.25) is 0 Å². The van der Waals surface area contributed by atoms with Gasteiger partial charge in [-0.15, -0.1) is 0 Å². The molecule has 0 aromatic rings. The Hall–Kier alpha value is -0.550. The lowest BCUT2D eigenvalue weighted by Gasteiger charge is -2.21. The molecule has 2 heteroatoms. The molecule has 0 aliphatic rings. The molecule has 2 nitrogen and oxygen atoms in total. The largest absolute Gasteiger partial charge is 0.306 e. The van der Waals surface area contributed by atoms with Crippen molar-refractivity contribution >= 4 is 0 Å². The van der Waals surface area contributed by atoms with Gasteiger partial charge in [0.05, 0.1) is 11.5 Å². The number of unbranched alkanes of at least 4 members (excludes halogenated alkanes) is 1. The molecule has 0 unspecified atom stereocenters. The highest BCUT2D eigenvalue weighted by molar-refractivity contribution is 4.91. The molecule has 0 bridgehead atoms. The Kier molecular flexibility index (Phi) is 5.73. The normalized spacial score (nSPS) is 11.7. The van der Waals surface area contributed by atoms with Crippen molar-refractivity contribution in [3.8, 4) is 6.07 Å².